The first-order valence-corrected chi connectivity index (χ1v) is 10.2. The summed E-state index contributed by atoms with van der Waals surface area (Å²) in [6.07, 6.45) is -2.88. The summed E-state index contributed by atoms with van der Waals surface area (Å²) in [4.78, 5) is 12.3. The number of aryl methyl sites for hydroxylation is 2. The lowest BCUT2D eigenvalue weighted by molar-refractivity contribution is -0.138. The number of halogens is 4. The van der Waals surface area contributed by atoms with Crippen molar-refractivity contribution < 1.29 is 18.0 Å². The van der Waals surface area contributed by atoms with Crippen LogP contribution in [0.2, 0.25) is 4.34 Å². The second-order valence-corrected chi connectivity index (χ2v) is 8.57. The molecule has 0 aliphatic heterocycles. The van der Waals surface area contributed by atoms with Crippen LogP contribution in [0.1, 0.15) is 37.8 Å². The number of nitrogens with zero attached hydrogens (tertiary/aromatic N) is 2. The van der Waals surface area contributed by atoms with Crippen molar-refractivity contribution in [3.05, 3.63) is 61.9 Å². The number of aromatic nitrogens is 2. The molecule has 0 bridgehead atoms. The van der Waals surface area contributed by atoms with Crippen LogP contribution in [0.15, 0.2) is 30.5 Å². The lowest BCUT2D eigenvalue weighted by Gasteiger charge is -2.21. The summed E-state index contributed by atoms with van der Waals surface area (Å²) in [5, 5.41) is 4.21. The highest BCUT2D eigenvalue weighted by atomic mass is 35.5. The minimum Gasteiger partial charge on any atom is -0.365 e. The van der Waals surface area contributed by atoms with Crippen LogP contribution in [0.3, 0.4) is 0 Å². The van der Waals surface area contributed by atoms with Crippen molar-refractivity contribution in [1.29, 1.82) is 0 Å². The van der Waals surface area contributed by atoms with Crippen LogP contribution >= 0.6 is 22.9 Å². The van der Waals surface area contributed by atoms with Gasteiger partial charge in [0.15, 0.2) is 0 Å². The van der Waals surface area contributed by atoms with Gasteiger partial charge in [0.05, 0.1) is 22.3 Å². The largest absolute Gasteiger partial charge is 0.416 e. The van der Waals surface area contributed by atoms with E-state index >= 15 is 0 Å². The lowest BCUT2D eigenvalue weighted by atomic mass is 9.86. The van der Waals surface area contributed by atoms with E-state index in [0.29, 0.717) is 21.2 Å². The van der Waals surface area contributed by atoms with Gasteiger partial charge in [0, 0.05) is 18.5 Å². The van der Waals surface area contributed by atoms with E-state index in [1.807, 2.05) is 6.92 Å². The van der Waals surface area contributed by atoms with Gasteiger partial charge in [0.2, 0.25) is 0 Å². The van der Waals surface area contributed by atoms with Crippen LogP contribution in [0.25, 0.3) is 11.3 Å². The third-order valence-corrected chi connectivity index (χ3v) is 6.40. The molecule has 0 fully saturated rings. The van der Waals surface area contributed by atoms with Gasteiger partial charge in [-0.25, -0.2) is 0 Å². The van der Waals surface area contributed by atoms with E-state index in [1.165, 1.54) is 12.1 Å². The Morgan fingerprint density at radius 3 is 2.53 bits per heavy atom. The molecule has 0 spiro atoms. The van der Waals surface area contributed by atoms with Crippen LogP contribution in [0.4, 0.5) is 13.2 Å². The zero-order valence-electron chi connectivity index (χ0n) is 16.3. The van der Waals surface area contributed by atoms with Gasteiger partial charge in [-0.3, -0.25) is 9.48 Å². The Morgan fingerprint density at radius 2 is 2.00 bits per heavy atom. The average molecular weight is 457 g/mol. The molecule has 1 atom stereocenters. The fraction of sp³-hybridized carbons (Fsp3) is 0.300. The number of amides is 1. The number of rotatable bonds is 6. The second kappa shape index (κ2) is 8.41. The highest BCUT2D eigenvalue weighted by molar-refractivity contribution is 7.18. The van der Waals surface area contributed by atoms with Crippen molar-refractivity contribution in [1.82, 2.24) is 9.78 Å². The zero-order chi connectivity index (χ0) is 22.2. The maximum atomic E-state index is 13.5. The molecule has 2 heterocycles. The van der Waals surface area contributed by atoms with Gasteiger partial charge in [-0.05, 0) is 42.6 Å². The molecular formula is C20H20ClF3N4OS. The summed E-state index contributed by atoms with van der Waals surface area (Å²) in [6, 6.07) is 5.33. The van der Waals surface area contributed by atoms with E-state index < -0.39 is 23.6 Å². The average Bonchev–Trinajstić information content (AvgIpc) is 3.18. The van der Waals surface area contributed by atoms with Crippen LogP contribution in [-0.4, -0.2) is 22.2 Å². The molecule has 1 aromatic carbocycles. The van der Waals surface area contributed by atoms with Crippen molar-refractivity contribution in [2.75, 3.05) is 6.54 Å². The number of nitrogens with two attached hydrogens (primary N) is 2. The fourth-order valence-electron chi connectivity index (χ4n) is 3.66. The summed E-state index contributed by atoms with van der Waals surface area (Å²) >= 11 is 7.49. The molecule has 0 saturated heterocycles. The van der Waals surface area contributed by atoms with Crippen LogP contribution in [0, 0.1) is 6.92 Å². The van der Waals surface area contributed by atoms with Gasteiger partial charge < -0.3 is 11.5 Å². The molecule has 0 radical (unpaired) electrons. The molecule has 4 N–H and O–H groups in total. The summed E-state index contributed by atoms with van der Waals surface area (Å²) in [5.41, 5.74) is 13.4. The number of primary amides is 1. The van der Waals surface area contributed by atoms with E-state index in [4.69, 9.17) is 23.1 Å². The third-order valence-electron chi connectivity index (χ3n) is 4.97. The number of hydrogen-bond acceptors (Lipinski definition) is 4. The summed E-state index contributed by atoms with van der Waals surface area (Å²) in [5.74, 6) is -1.31. The Hall–Kier alpha value is -2.36. The topological polar surface area (TPSA) is 86.9 Å². The smallest absolute Gasteiger partial charge is 0.365 e. The van der Waals surface area contributed by atoms with Crippen LogP contribution < -0.4 is 11.5 Å². The number of carbonyl (C=O) groups is 1. The van der Waals surface area contributed by atoms with Gasteiger partial charge in [0.1, 0.15) is 4.34 Å². The molecule has 0 saturated carbocycles. The SMILES string of the molecule is Cc1cnn(C)c1-c1c(Cl)sc(C(N)=O)c1[C@@H](CN)Cc1ccccc1C(F)(F)F. The number of carbonyl (C=O) groups excluding carboxylic acids is 1. The molecule has 3 aromatic rings. The molecule has 5 nitrogen and oxygen atoms in total. The highest BCUT2D eigenvalue weighted by Crippen LogP contribution is 2.45. The number of thiophene rings is 1. The molecule has 0 unspecified atom stereocenters. The van der Waals surface area contributed by atoms with E-state index in [9.17, 15) is 18.0 Å². The molecule has 1 amide bonds. The fourth-order valence-corrected chi connectivity index (χ4v) is 5.05. The lowest BCUT2D eigenvalue weighted by Crippen LogP contribution is -2.21. The molecule has 0 aliphatic carbocycles. The van der Waals surface area contributed by atoms with Crippen LogP contribution in [-0.2, 0) is 19.6 Å². The number of hydrogen-bond donors (Lipinski definition) is 2. The molecule has 0 aliphatic rings. The monoisotopic (exact) mass is 456 g/mol. The summed E-state index contributed by atoms with van der Waals surface area (Å²) < 4.78 is 42.4. The molecule has 3 rings (SSSR count). The Bertz CT molecular complexity index is 1070. The predicted octanol–water partition coefficient (Wildman–Crippen LogP) is 4.51. The first-order valence-electron chi connectivity index (χ1n) is 9.02. The first kappa shape index (κ1) is 22.3. The molecular weight excluding hydrogens is 437 g/mol. The molecule has 30 heavy (non-hydrogen) atoms. The van der Waals surface area contributed by atoms with E-state index in [0.717, 1.165) is 23.0 Å². The maximum absolute atomic E-state index is 13.5. The Morgan fingerprint density at radius 1 is 1.33 bits per heavy atom. The third kappa shape index (κ3) is 4.10. The maximum Gasteiger partial charge on any atom is 0.416 e. The Labute approximate surface area is 180 Å². The normalized spacial score (nSPS) is 12.9. The van der Waals surface area contributed by atoms with Gasteiger partial charge in [0.25, 0.3) is 5.91 Å². The molecule has 10 heteroatoms. The molecule has 160 valence electrons. The second-order valence-electron chi connectivity index (χ2n) is 6.95. The highest BCUT2D eigenvalue weighted by Gasteiger charge is 2.35. The minimum absolute atomic E-state index is 0.00341. The van der Waals surface area contributed by atoms with Crippen molar-refractivity contribution in [2.45, 2.75) is 25.4 Å². The van der Waals surface area contributed by atoms with Gasteiger partial charge >= 0.3 is 6.18 Å². The van der Waals surface area contributed by atoms with Crippen molar-refractivity contribution >= 4 is 28.8 Å². The number of alkyl halides is 3. The van der Waals surface area contributed by atoms with Crippen molar-refractivity contribution in [3.8, 4) is 11.3 Å². The van der Waals surface area contributed by atoms with Crippen LogP contribution in [0.5, 0.6) is 0 Å². The van der Waals surface area contributed by atoms with Crippen molar-refractivity contribution in [3.63, 3.8) is 0 Å². The standard InChI is InChI=1S/C20H20ClF3N4OS/c1-10-9-27-28(2)16(10)15-14(17(19(26)29)30-18(15)21)12(8-25)7-11-5-3-4-6-13(11)20(22,23)24/h3-6,9,12H,7-8,25H2,1-2H3,(H2,26,29)/t12-/m1/s1. The Kier molecular flexibility index (Phi) is 6.26. The summed E-state index contributed by atoms with van der Waals surface area (Å²) in [6.45, 7) is 1.84. The van der Waals surface area contributed by atoms with Gasteiger partial charge in [-0.1, -0.05) is 29.8 Å². The number of benzene rings is 1. The van der Waals surface area contributed by atoms with Gasteiger partial charge in [-0.15, -0.1) is 11.3 Å². The summed E-state index contributed by atoms with van der Waals surface area (Å²) in [7, 11) is 1.72. The van der Waals surface area contributed by atoms with E-state index in [1.54, 1.807) is 24.0 Å². The van der Waals surface area contributed by atoms with E-state index in [2.05, 4.69) is 5.10 Å². The minimum atomic E-state index is -4.50. The van der Waals surface area contributed by atoms with Gasteiger partial charge in [-0.2, -0.15) is 18.3 Å². The first-order chi connectivity index (χ1) is 14.1. The predicted molar refractivity (Wildman–Crippen MR) is 112 cm³/mol. The van der Waals surface area contributed by atoms with Crippen molar-refractivity contribution in [2.24, 2.45) is 18.5 Å². The quantitative estimate of drug-likeness (QED) is 0.572. The molecule has 2 aromatic heterocycles. The Balaban J connectivity index is 2.20. The van der Waals surface area contributed by atoms with E-state index in [-0.39, 0.29) is 23.4 Å². The zero-order valence-corrected chi connectivity index (χ0v) is 17.8.